The lowest BCUT2D eigenvalue weighted by Gasteiger charge is -2.24. The van der Waals surface area contributed by atoms with E-state index in [0.717, 1.165) is 0 Å². The molecule has 0 bridgehead atoms. The fourth-order valence-corrected chi connectivity index (χ4v) is 3.90. The second kappa shape index (κ2) is 8.70. The molecule has 0 spiro atoms. The van der Waals surface area contributed by atoms with Gasteiger partial charge in [0, 0.05) is 19.2 Å². The number of hydrogen-bond acceptors (Lipinski definition) is 6. The van der Waals surface area contributed by atoms with E-state index in [1.807, 2.05) is 0 Å². The maximum absolute atomic E-state index is 12.7. The zero-order chi connectivity index (χ0) is 19.3. The Morgan fingerprint density at radius 3 is 2.46 bits per heavy atom. The molecule has 1 aliphatic rings. The third kappa shape index (κ3) is 5.09. The zero-order valence-corrected chi connectivity index (χ0v) is 16.3. The Labute approximate surface area is 154 Å². The first-order valence-corrected chi connectivity index (χ1v) is 9.94. The van der Waals surface area contributed by atoms with Gasteiger partial charge < -0.3 is 19.5 Å². The second-order valence-electron chi connectivity index (χ2n) is 6.51. The molecule has 0 aliphatic carbocycles. The highest BCUT2D eigenvalue weighted by atomic mass is 32.2. The lowest BCUT2D eigenvalue weighted by atomic mass is 10.0. The quantitative estimate of drug-likeness (QED) is 0.688. The van der Waals surface area contributed by atoms with Gasteiger partial charge in [-0.2, -0.15) is 4.72 Å². The predicted molar refractivity (Wildman–Crippen MR) is 95.9 cm³/mol. The summed E-state index contributed by atoms with van der Waals surface area (Å²) in [7, 11) is -2.37. The summed E-state index contributed by atoms with van der Waals surface area (Å²) in [6.07, 6.45) is 0. The number of amides is 1. The minimum atomic E-state index is -3.91. The summed E-state index contributed by atoms with van der Waals surface area (Å²) >= 11 is 0. The van der Waals surface area contributed by atoms with Crippen molar-refractivity contribution in [3.63, 3.8) is 0 Å². The molecule has 0 unspecified atom stereocenters. The second-order valence-corrected chi connectivity index (χ2v) is 8.23. The molecule has 2 N–H and O–H groups in total. The smallest absolute Gasteiger partial charge is 0.241 e. The molecular weight excluding hydrogens is 360 g/mol. The summed E-state index contributed by atoms with van der Waals surface area (Å²) in [4.78, 5) is 12.5. The van der Waals surface area contributed by atoms with Gasteiger partial charge in [0.15, 0.2) is 11.5 Å². The molecule has 0 saturated heterocycles. The van der Waals surface area contributed by atoms with E-state index in [9.17, 15) is 13.2 Å². The number of rotatable bonds is 8. The van der Waals surface area contributed by atoms with Crippen LogP contribution >= 0.6 is 0 Å². The van der Waals surface area contributed by atoms with Crippen LogP contribution in [0.4, 0.5) is 0 Å². The molecule has 1 aromatic rings. The van der Waals surface area contributed by atoms with Crippen molar-refractivity contribution in [3.05, 3.63) is 18.2 Å². The first kappa shape index (κ1) is 20.5. The van der Waals surface area contributed by atoms with Gasteiger partial charge in [-0.1, -0.05) is 13.8 Å². The standard InChI is InChI=1S/C17H26N2O6S/c1-11(2)16(17(20)18-12(3)10-23-4)19-26(21,22)13-5-6-14-15(9-13)25-8-7-24-14/h5-6,9,11-12,16,19H,7-8,10H2,1-4H3,(H,18,20)/t12-,16-/m1/s1. The number of sulfonamides is 1. The summed E-state index contributed by atoms with van der Waals surface area (Å²) in [6, 6.07) is 3.24. The van der Waals surface area contributed by atoms with Gasteiger partial charge >= 0.3 is 0 Å². The third-order valence-electron chi connectivity index (χ3n) is 3.86. The highest BCUT2D eigenvalue weighted by Crippen LogP contribution is 2.32. The van der Waals surface area contributed by atoms with Crippen molar-refractivity contribution in [1.82, 2.24) is 10.0 Å². The van der Waals surface area contributed by atoms with Crippen molar-refractivity contribution in [1.29, 1.82) is 0 Å². The molecule has 2 rings (SSSR count). The van der Waals surface area contributed by atoms with Gasteiger partial charge in [-0.05, 0) is 25.0 Å². The Morgan fingerprint density at radius 1 is 1.19 bits per heavy atom. The first-order chi connectivity index (χ1) is 12.2. The van der Waals surface area contributed by atoms with E-state index < -0.39 is 22.0 Å². The van der Waals surface area contributed by atoms with Crippen molar-refractivity contribution >= 4 is 15.9 Å². The molecule has 146 valence electrons. The highest BCUT2D eigenvalue weighted by molar-refractivity contribution is 7.89. The highest BCUT2D eigenvalue weighted by Gasteiger charge is 2.30. The van der Waals surface area contributed by atoms with Crippen molar-refractivity contribution in [2.24, 2.45) is 5.92 Å². The largest absolute Gasteiger partial charge is 0.486 e. The molecule has 0 radical (unpaired) electrons. The fourth-order valence-electron chi connectivity index (χ4n) is 2.54. The maximum Gasteiger partial charge on any atom is 0.241 e. The third-order valence-corrected chi connectivity index (χ3v) is 5.30. The molecule has 0 fully saturated rings. The van der Waals surface area contributed by atoms with Gasteiger partial charge in [0.2, 0.25) is 15.9 Å². The number of nitrogens with one attached hydrogen (secondary N) is 2. The molecule has 9 heteroatoms. The summed E-state index contributed by atoms with van der Waals surface area (Å²) in [6.45, 7) is 6.46. The van der Waals surface area contributed by atoms with Crippen molar-refractivity contribution in [2.45, 2.75) is 37.8 Å². The van der Waals surface area contributed by atoms with E-state index in [1.165, 1.54) is 19.2 Å². The van der Waals surface area contributed by atoms with Crippen molar-refractivity contribution in [3.8, 4) is 11.5 Å². The molecule has 26 heavy (non-hydrogen) atoms. The van der Waals surface area contributed by atoms with Gasteiger partial charge in [0.25, 0.3) is 0 Å². The molecule has 2 atom stereocenters. The van der Waals surface area contributed by atoms with E-state index in [-0.39, 0.29) is 16.9 Å². The van der Waals surface area contributed by atoms with Crippen LogP contribution in [0, 0.1) is 5.92 Å². The average molecular weight is 386 g/mol. The lowest BCUT2D eigenvalue weighted by molar-refractivity contribution is -0.124. The Morgan fingerprint density at radius 2 is 1.85 bits per heavy atom. The van der Waals surface area contributed by atoms with Crippen LogP contribution in [0.2, 0.25) is 0 Å². The number of carbonyl (C=O) groups is 1. The van der Waals surface area contributed by atoms with E-state index in [0.29, 0.717) is 31.3 Å². The minimum Gasteiger partial charge on any atom is -0.486 e. The zero-order valence-electron chi connectivity index (χ0n) is 15.4. The van der Waals surface area contributed by atoms with Gasteiger partial charge in [-0.25, -0.2) is 8.42 Å². The van der Waals surface area contributed by atoms with Crippen LogP contribution in [0.25, 0.3) is 0 Å². The van der Waals surface area contributed by atoms with E-state index >= 15 is 0 Å². The number of ether oxygens (including phenoxy) is 3. The molecule has 1 heterocycles. The van der Waals surface area contributed by atoms with Crippen LogP contribution in [-0.2, 0) is 19.6 Å². The summed E-state index contributed by atoms with van der Waals surface area (Å²) in [5, 5.41) is 2.75. The number of benzene rings is 1. The van der Waals surface area contributed by atoms with Crippen molar-refractivity contribution in [2.75, 3.05) is 26.9 Å². The molecule has 1 aliphatic heterocycles. The van der Waals surface area contributed by atoms with E-state index in [1.54, 1.807) is 26.8 Å². The summed E-state index contributed by atoms with van der Waals surface area (Å²) in [5.41, 5.74) is 0. The van der Waals surface area contributed by atoms with E-state index in [2.05, 4.69) is 10.0 Å². The van der Waals surface area contributed by atoms with E-state index in [4.69, 9.17) is 14.2 Å². The predicted octanol–water partition coefficient (Wildman–Crippen LogP) is 0.912. The van der Waals surface area contributed by atoms with Gasteiger partial charge in [-0.3, -0.25) is 4.79 Å². The lowest BCUT2D eigenvalue weighted by Crippen LogP contribution is -2.52. The molecule has 1 amide bonds. The normalized spacial score (nSPS) is 16.2. The van der Waals surface area contributed by atoms with Crippen LogP contribution in [0.5, 0.6) is 11.5 Å². The number of methoxy groups -OCH3 is 1. The van der Waals surface area contributed by atoms with Crippen molar-refractivity contribution < 1.29 is 27.4 Å². The Bertz CT molecular complexity index is 735. The molecule has 0 saturated carbocycles. The fraction of sp³-hybridized carbons (Fsp3) is 0.588. The number of fused-ring (bicyclic) bond motifs is 1. The first-order valence-electron chi connectivity index (χ1n) is 8.46. The minimum absolute atomic E-state index is 0.0186. The SMILES string of the molecule is COC[C@@H](C)NC(=O)[C@H](NS(=O)(=O)c1ccc2c(c1)OCCO2)C(C)C. The molecule has 0 aromatic heterocycles. The number of hydrogen-bond donors (Lipinski definition) is 2. The van der Waals surface area contributed by atoms with Gasteiger partial charge in [0.1, 0.15) is 19.3 Å². The Balaban J connectivity index is 2.17. The summed E-state index contributed by atoms with van der Waals surface area (Å²) < 4.78 is 43.8. The van der Waals surface area contributed by atoms with Gasteiger partial charge in [-0.15, -0.1) is 0 Å². The van der Waals surface area contributed by atoms with Crippen LogP contribution < -0.4 is 19.5 Å². The monoisotopic (exact) mass is 386 g/mol. The molecule has 8 nitrogen and oxygen atoms in total. The van der Waals surface area contributed by atoms with Crippen LogP contribution in [-0.4, -0.2) is 53.3 Å². The topological polar surface area (TPSA) is 103 Å². The van der Waals surface area contributed by atoms with Crippen LogP contribution in [0.3, 0.4) is 0 Å². The summed E-state index contributed by atoms with van der Waals surface area (Å²) in [5.74, 6) is 0.238. The average Bonchev–Trinajstić information content (AvgIpc) is 2.59. The van der Waals surface area contributed by atoms with Crippen LogP contribution in [0.1, 0.15) is 20.8 Å². The molecule has 1 aromatic carbocycles. The molecular formula is C17H26N2O6S. The maximum atomic E-state index is 12.7. The van der Waals surface area contributed by atoms with Gasteiger partial charge in [0.05, 0.1) is 11.5 Å². The number of carbonyl (C=O) groups excluding carboxylic acids is 1. The van der Waals surface area contributed by atoms with Crippen LogP contribution in [0.15, 0.2) is 23.1 Å². The Kier molecular flexibility index (Phi) is 6.85. The Hall–Kier alpha value is -1.84.